The summed E-state index contributed by atoms with van der Waals surface area (Å²) in [4.78, 5) is 36.3. The number of rotatable bonds is 6. The van der Waals surface area contributed by atoms with Gasteiger partial charge in [0, 0.05) is 17.5 Å². The largest absolute Gasteiger partial charge is 0.445 e. The van der Waals surface area contributed by atoms with E-state index in [9.17, 15) is 14.4 Å². The van der Waals surface area contributed by atoms with Crippen molar-refractivity contribution in [2.24, 2.45) is 0 Å². The quantitative estimate of drug-likeness (QED) is 0.209. The fraction of sp³-hybridized carbons (Fsp3) is 0.160. The van der Waals surface area contributed by atoms with Gasteiger partial charge in [-0.1, -0.05) is 48.5 Å². The molecule has 0 spiro atoms. The highest BCUT2D eigenvalue weighted by atomic mass is 16.5. The second-order valence-electron chi connectivity index (χ2n) is 7.21. The van der Waals surface area contributed by atoms with Crippen molar-refractivity contribution in [1.29, 1.82) is 0 Å². The van der Waals surface area contributed by atoms with Gasteiger partial charge in [-0.05, 0) is 36.1 Å². The smallest absolute Gasteiger partial charge is 0.407 e. The van der Waals surface area contributed by atoms with Crippen molar-refractivity contribution >= 4 is 33.8 Å². The fourth-order valence-corrected chi connectivity index (χ4v) is 3.39. The summed E-state index contributed by atoms with van der Waals surface area (Å²) < 4.78 is 16.0. The summed E-state index contributed by atoms with van der Waals surface area (Å²) in [7, 11) is 0. The molecule has 0 bridgehead atoms. The van der Waals surface area contributed by atoms with Crippen LogP contribution in [0.2, 0.25) is 0 Å². The Morgan fingerprint density at radius 3 is 2.41 bits per heavy atom. The maximum absolute atomic E-state index is 12.3. The molecule has 4 rings (SSSR count). The van der Waals surface area contributed by atoms with E-state index in [1.807, 2.05) is 42.5 Å². The number of hydrogen-bond donors (Lipinski definition) is 1. The van der Waals surface area contributed by atoms with Crippen molar-refractivity contribution in [1.82, 2.24) is 5.32 Å². The monoisotopic (exact) mass is 431 g/mol. The second-order valence-corrected chi connectivity index (χ2v) is 7.21. The summed E-state index contributed by atoms with van der Waals surface area (Å²) in [6.45, 7) is 1.94. The number of benzene rings is 3. The van der Waals surface area contributed by atoms with Gasteiger partial charge in [-0.3, -0.25) is 4.79 Å². The number of esters is 1. The third-order valence-electron chi connectivity index (χ3n) is 5.02. The Kier molecular flexibility index (Phi) is 6.17. The minimum Gasteiger partial charge on any atom is -0.445 e. The zero-order valence-corrected chi connectivity index (χ0v) is 17.4. The Bertz CT molecular complexity index is 1340. The molecule has 0 unspecified atom stereocenters. The molecule has 0 aliphatic carbocycles. The molecule has 3 aromatic carbocycles. The molecule has 1 heterocycles. The first kappa shape index (κ1) is 21.1. The molecule has 1 N–H and O–H groups in total. The number of ether oxygens (including phenoxy) is 2. The van der Waals surface area contributed by atoms with E-state index in [1.165, 1.54) is 0 Å². The van der Waals surface area contributed by atoms with Crippen LogP contribution in [0.15, 0.2) is 75.9 Å². The molecule has 32 heavy (non-hydrogen) atoms. The molecular formula is C25H21NO6. The summed E-state index contributed by atoms with van der Waals surface area (Å²) in [5, 5.41) is 4.55. The molecule has 0 radical (unpaired) electrons. The van der Waals surface area contributed by atoms with Crippen molar-refractivity contribution < 1.29 is 23.5 Å². The molecule has 4 aromatic rings. The fourth-order valence-electron chi connectivity index (χ4n) is 3.39. The van der Waals surface area contributed by atoms with Crippen molar-refractivity contribution in [2.75, 3.05) is 6.54 Å². The van der Waals surface area contributed by atoms with Crippen LogP contribution in [0.1, 0.15) is 17.5 Å². The van der Waals surface area contributed by atoms with Crippen LogP contribution < -0.4 is 15.7 Å². The highest BCUT2D eigenvalue weighted by Crippen LogP contribution is 2.30. The van der Waals surface area contributed by atoms with E-state index < -0.39 is 17.7 Å². The number of carbonyl (C=O) groups is 2. The lowest BCUT2D eigenvalue weighted by atomic mass is 10.0. The molecule has 7 heteroatoms. The number of carbonyl (C=O) groups excluding carboxylic acids is 2. The lowest BCUT2D eigenvalue weighted by Gasteiger charge is -2.11. The molecule has 7 nitrogen and oxygen atoms in total. The molecule has 0 fully saturated rings. The van der Waals surface area contributed by atoms with E-state index in [0.717, 1.165) is 16.3 Å². The van der Waals surface area contributed by atoms with Gasteiger partial charge in [0.15, 0.2) is 0 Å². The molecule has 0 aliphatic rings. The van der Waals surface area contributed by atoms with Crippen molar-refractivity contribution in [3.8, 4) is 5.75 Å². The van der Waals surface area contributed by atoms with Crippen LogP contribution in [0.3, 0.4) is 0 Å². The number of nitrogens with one attached hydrogen (secondary N) is 1. The van der Waals surface area contributed by atoms with Crippen molar-refractivity contribution in [3.63, 3.8) is 0 Å². The van der Waals surface area contributed by atoms with Gasteiger partial charge in [-0.25, -0.2) is 9.59 Å². The molecule has 1 aromatic heterocycles. The predicted molar refractivity (Wildman–Crippen MR) is 120 cm³/mol. The zero-order chi connectivity index (χ0) is 22.5. The molecular weight excluding hydrogens is 410 g/mol. The van der Waals surface area contributed by atoms with Gasteiger partial charge in [0.2, 0.25) is 0 Å². The standard InChI is InChI=1S/C25H21NO6/c1-16-21(12-11-19-18-9-5-6-10-20(18)24(28)32-23(16)19)31-22(27)13-14-26-25(29)30-15-17-7-3-2-4-8-17/h2-12H,13-15H2,1H3,(H,26,29). The normalized spacial score (nSPS) is 10.8. The number of aryl methyl sites for hydroxylation is 1. The summed E-state index contributed by atoms with van der Waals surface area (Å²) in [5.74, 6) is -0.230. The summed E-state index contributed by atoms with van der Waals surface area (Å²) in [6.07, 6.45) is -0.656. The topological polar surface area (TPSA) is 94.8 Å². The van der Waals surface area contributed by atoms with Gasteiger partial charge in [0.25, 0.3) is 0 Å². The Labute approximate surface area is 183 Å². The molecule has 0 aliphatic heterocycles. The first-order chi connectivity index (χ1) is 15.5. The Hall–Kier alpha value is -4.13. The van der Waals surface area contributed by atoms with Crippen LogP contribution >= 0.6 is 0 Å². The molecule has 0 saturated heterocycles. The predicted octanol–water partition coefficient (Wildman–Crippen LogP) is 4.48. The van der Waals surface area contributed by atoms with E-state index in [4.69, 9.17) is 13.9 Å². The van der Waals surface area contributed by atoms with E-state index >= 15 is 0 Å². The Morgan fingerprint density at radius 2 is 1.62 bits per heavy atom. The first-order valence-corrected chi connectivity index (χ1v) is 10.1. The third-order valence-corrected chi connectivity index (χ3v) is 5.02. The van der Waals surface area contributed by atoms with Gasteiger partial charge >= 0.3 is 17.7 Å². The van der Waals surface area contributed by atoms with E-state index in [1.54, 1.807) is 31.2 Å². The number of hydrogen-bond acceptors (Lipinski definition) is 6. The summed E-state index contributed by atoms with van der Waals surface area (Å²) in [6, 6.07) is 19.9. The Balaban J connectivity index is 1.36. The zero-order valence-electron chi connectivity index (χ0n) is 17.4. The third kappa shape index (κ3) is 4.62. The van der Waals surface area contributed by atoms with E-state index in [0.29, 0.717) is 22.3 Å². The van der Waals surface area contributed by atoms with Crippen LogP contribution in [0.4, 0.5) is 4.79 Å². The number of alkyl carbamates (subject to hydrolysis) is 1. The summed E-state index contributed by atoms with van der Waals surface area (Å²) >= 11 is 0. The van der Waals surface area contributed by atoms with Gasteiger partial charge in [-0.2, -0.15) is 0 Å². The van der Waals surface area contributed by atoms with Crippen molar-refractivity contribution in [2.45, 2.75) is 20.0 Å². The van der Waals surface area contributed by atoms with Crippen LogP contribution in [-0.2, 0) is 16.1 Å². The minimum atomic E-state index is -0.614. The van der Waals surface area contributed by atoms with E-state index in [-0.39, 0.29) is 19.6 Å². The van der Waals surface area contributed by atoms with Crippen LogP contribution in [0.25, 0.3) is 21.7 Å². The Morgan fingerprint density at radius 1 is 0.906 bits per heavy atom. The highest BCUT2D eigenvalue weighted by molar-refractivity contribution is 6.05. The van der Waals surface area contributed by atoms with Crippen LogP contribution in [0.5, 0.6) is 5.75 Å². The molecule has 162 valence electrons. The SMILES string of the molecule is Cc1c(OC(=O)CCNC(=O)OCc2ccccc2)ccc2c1oc(=O)c1ccccc12. The average Bonchev–Trinajstić information content (AvgIpc) is 2.81. The van der Waals surface area contributed by atoms with Gasteiger partial charge in [0.05, 0.1) is 11.8 Å². The van der Waals surface area contributed by atoms with Crippen molar-refractivity contribution in [3.05, 3.63) is 88.3 Å². The first-order valence-electron chi connectivity index (χ1n) is 10.1. The lowest BCUT2D eigenvalue weighted by Crippen LogP contribution is -2.27. The number of amides is 1. The molecule has 0 saturated carbocycles. The second kappa shape index (κ2) is 9.34. The summed E-state index contributed by atoms with van der Waals surface area (Å²) in [5.41, 5.74) is 1.35. The average molecular weight is 431 g/mol. The van der Waals surface area contributed by atoms with Gasteiger partial charge < -0.3 is 19.2 Å². The molecule has 0 atom stereocenters. The maximum atomic E-state index is 12.3. The van der Waals surface area contributed by atoms with Crippen LogP contribution in [0, 0.1) is 6.92 Å². The minimum absolute atomic E-state index is 0.0421. The van der Waals surface area contributed by atoms with Gasteiger partial charge in [0.1, 0.15) is 17.9 Å². The molecule has 1 amide bonds. The van der Waals surface area contributed by atoms with Crippen LogP contribution in [-0.4, -0.2) is 18.6 Å². The van der Waals surface area contributed by atoms with E-state index in [2.05, 4.69) is 5.32 Å². The van der Waals surface area contributed by atoms with Gasteiger partial charge in [-0.15, -0.1) is 0 Å². The highest BCUT2D eigenvalue weighted by Gasteiger charge is 2.15. The lowest BCUT2D eigenvalue weighted by molar-refractivity contribution is -0.134. The maximum Gasteiger partial charge on any atom is 0.407 e. The number of fused-ring (bicyclic) bond motifs is 3.